The van der Waals surface area contributed by atoms with Crippen LogP contribution in [0.2, 0.25) is 0 Å². The van der Waals surface area contributed by atoms with E-state index >= 15 is 0 Å². The Morgan fingerprint density at radius 3 is 2.75 bits per heavy atom. The summed E-state index contributed by atoms with van der Waals surface area (Å²) in [7, 11) is 0. The van der Waals surface area contributed by atoms with E-state index in [0.717, 1.165) is 20.1 Å². The first-order chi connectivity index (χ1) is 9.54. The maximum absolute atomic E-state index is 11.9. The molecule has 0 saturated heterocycles. The lowest BCUT2D eigenvalue weighted by atomic mass is 10.1. The van der Waals surface area contributed by atoms with Gasteiger partial charge >= 0.3 is 0 Å². The molecule has 2 rings (SSSR count). The first kappa shape index (κ1) is 15.5. The number of thiazole rings is 1. The van der Waals surface area contributed by atoms with Crippen molar-refractivity contribution < 1.29 is 4.79 Å². The molecule has 1 aromatic carbocycles. The van der Waals surface area contributed by atoms with E-state index in [4.69, 9.17) is 0 Å². The number of carbonyl (C=O) groups excluding carboxylic acids is 1. The van der Waals surface area contributed by atoms with Crippen molar-refractivity contribution in [1.82, 2.24) is 10.3 Å². The van der Waals surface area contributed by atoms with Crippen LogP contribution in [0.25, 0.3) is 0 Å². The third kappa shape index (κ3) is 4.61. The molecule has 6 heteroatoms. The topological polar surface area (TPSA) is 42.0 Å². The van der Waals surface area contributed by atoms with E-state index in [1.165, 1.54) is 11.8 Å². The van der Waals surface area contributed by atoms with E-state index in [2.05, 4.69) is 26.2 Å². The van der Waals surface area contributed by atoms with Gasteiger partial charge < -0.3 is 5.32 Å². The zero-order valence-corrected chi connectivity index (χ0v) is 14.4. The lowest BCUT2D eigenvalue weighted by Gasteiger charge is -2.14. The molecule has 0 fully saturated rings. The van der Waals surface area contributed by atoms with E-state index < -0.39 is 0 Å². The predicted molar refractivity (Wildman–Crippen MR) is 88.3 cm³/mol. The molecular weight excluding hydrogens is 356 g/mol. The van der Waals surface area contributed by atoms with Crippen LogP contribution in [-0.2, 0) is 4.79 Å². The van der Waals surface area contributed by atoms with Crippen LogP contribution in [0.1, 0.15) is 24.2 Å². The van der Waals surface area contributed by atoms with Crippen molar-refractivity contribution in [3.63, 3.8) is 0 Å². The largest absolute Gasteiger partial charge is 0.349 e. The van der Waals surface area contributed by atoms with Crippen molar-refractivity contribution in [3.05, 3.63) is 45.4 Å². The molecular formula is C14H15BrN2OS2. The highest BCUT2D eigenvalue weighted by atomic mass is 79.9. The molecule has 1 amide bonds. The van der Waals surface area contributed by atoms with Gasteiger partial charge in [0.05, 0.1) is 11.8 Å². The van der Waals surface area contributed by atoms with Gasteiger partial charge in [-0.3, -0.25) is 4.79 Å². The Labute approximate surface area is 135 Å². The zero-order chi connectivity index (χ0) is 14.5. The van der Waals surface area contributed by atoms with Gasteiger partial charge in [-0.2, -0.15) is 0 Å². The molecule has 20 heavy (non-hydrogen) atoms. The van der Waals surface area contributed by atoms with Crippen LogP contribution in [0.4, 0.5) is 0 Å². The first-order valence-corrected chi connectivity index (χ1v) is 8.80. The third-order valence-electron chi connectivity index (χ3n) is 2.67. The highest BCUT2D eigenvalue weighted by Gasteiger charge is 2.10. The summed E-state index contributed by atoms with van der Waals surface area (Å²) in [5.41, 5.74) is 2.10. The molecule has 0 radical (unpaired) electrons. The number of thioether (sulfide) groups is 1. The zero-order valence-electron chi connectivity index (χ0n) is 11.2. The summed E-state index contributed by atoms with van der Waals surface area (Å²) in [5, 5.41) is 4.99. The number of carbonyl (C=O) groups is 1. The minimum atomic E-state index is 0.00855. The maximum atomic E-state index is 11.9. The van der Waals surface area contributed by atoms with E-state index in [-0.39, 0.29) is 11.9 Å². The Morgan fingerprint density at radius 2 is 2.15 bits per heavy atom. The quantitative estimate of drug-likeness (QED) is 0.802. The van der Waals surface area contributed by atoms with Gasteiger partial charge in [0, 0.05) is 15.5 Å². The van der Waals surface area contributed by atoms with Crippen LogP contribution in [-0.4, -0.2) is 16.6 Å². The number of aryl methyl sites for hydroxylation is 1. The summed E-state index contributed by atoms with van der Waals surface area (Å²) < 4.78 is 1.98. The molecule has 2 aromatic rings. The van der Waals surface area contributed by atoms with Crippen molar-refractivity contribution in [2.24, 2.45) is 0 Å². The van der Waals surface area contributed by atoms with Crippen molar-refractivity contribution >= 4 is 44.9 Å². The Hall–Kier alpha value is -0.850. The third-order valence-corrected chi connectivity index (χ3v) is 5.34. The van der Waals surface area contributed by atoms with Gasteiger partial charge in [0.2, 0.25) is 5.91 Å². The van der Waals surface area contributed by atoms with Gasteiger partial charge in [0.15, 0.2) is 4.34 Å². The van der Waals surface area contributed by atoms with Gasteiger partial charge in [0.25, 0.3) is 0 Å². The Balaban J connectivity index is 1.83. The molecule has 0 aliphatic heterocycles. The number of hydrogen-bond acceptors (Lipinski definition) is 4. The fourth-order valence-corrected chi connectivity index (χ4v) is 3.57. The van der Waals surface area contributed by atoms with Gasteiger partial charge in [-0.1, -0.05) is 39.8 Å². The van der Waals surface area contributed by atoms with Crippen molar-refractivity contribution in [2.45, 2.75) is 24.2 Å². The summed E-state index contributed by atoms with van der Waals surface area (Å²) in [6.07, 6.45) is 0. The number of hydrogen-bond donors (Lipinski definition) is 1. The van der Waals surface area contributed by atoms with E-state index in [1.54, 1.807) is 11.3 Å². The summed E-state index contributed by atoms with van der Waals surface area (Å²) in [6.45, 7) is 3.94. The lowest BCUT2D eigenvalue weighted by Crippen LogP contribution is -2.28. The highest BCUT2D eigenvalue weighted by Crippen LogP contribution is 2.22. The number of benzene rings is 1. The number of halogens is 1. The van der Waals surface area contributed by atoms with Gasteiger partial charge in [-0.25, -0.2) is 4.98 Å². The molecule has 106 valence electrons. The Bertz CT molecular complexity index is 583. The summed E-state index contributed by atoms with van der Waals surface area (Å²) in [5.74, 6) is 0.423. The van der Waals surface area contributed by atoms with Crippen LogP contribution in [0, 0.1) is 6.92 Å². The summed E-state index contributed by atoms with van der Waals surface area (Å²) in [4.78, 5) is 16.2. The van der Waals surface area contributed by atoms with Gasteiger partial charge in [-0.05, 0) is 31.5 Å². The average molecular weight is 371 g/mol. The van der Waals surface area contributed by atoms with Gasteiger partial charge in [0.1, 0.15) is 0 Å². The monoisotopic (exact) mass is 370 g/mol. The number of nitrogens with one attached hydrogen (secondary N) is 1. The predicted octanol–water partition coefficient (Wildman–Crippen LogP) is 4.18. The Kier molecular flexibility index (Phi) is 5.63. The van der Waals surface area contributed by atoms with Crippen LogP contribution in [0.5, 0.6) is 0 Å². The average Bonchev–Trinajstić information content (AvgIpc) is 2.83. The van der Waals surface area contributed by atoms with Crippen molar-refractivity contribution in [2.75, 3.05) is 5.75 Å². The molecule has 0 spiro atoms. The molecule has 3 nitrogen and oxygen atoms in total. The minimum absolute atomic E-state index is 0.00855. The molecule has 1 atom stereocenters. The second kappa shape index (κ2) is 7.24. The molecule has 0 aliphatic rings. The van der Waals surface area contributed by atoms with Crippen LogP contribution >= 0.6 is 39.0 Å². The van der Waals surface area contributed by atoms with Crippen LogP contribution in [0.15, 0.2) is 38.5 Å². The fraction of sp³-hybridized carbons (Fsp3) is 0.286. The normalized spacial score (nSPS) is 12.2. The van der Waals surface area contributed by atoms with Crippen molar-refractivity contribution in [1.29, 1.82) is 0 Å². The molecule has 1 heterocycles. The number of nitrogens with zero attached hydrogens (tertiary/aromatic N) is 1. The fourth-order valence-electron chi connectivity index (χ4n) is 1.64. The second-order valence-electron chi connectivity index (χ2n) is 4.38. The van der Waals surface area contributed by atoms with E-state index in [0.29, 0.717) is 5.75 Å². The second-order valence-corrected chi connectivity index (χ2v) is 7.38. The standard InChI is InChI=1S/C14H15BrN2OS2/c1-9-7-19-14(16-9)20-8-13(18)17-10(2)11-3-5-12(15)6-4-11/h3-7,10H,8H2,1-2H3,(H,17,18). The molecule has 0 saturated carbocycles. The lowest BCUT2D eigenvalue weighted by molar-refractivity contribution is -0.119. The Morgan fingerprint density at radius 1 is 1.45 bits per heavy atom. The molecule has 1 N–H and O–H groups in total. The van der Waals surface area contributed by atoms with Crippen LogP contribution in [0.3, 0.4) is 0 Å². The van der Waals surface area contributed by atoms with E-state index in [9.17, 15) is 4.79 Å². The summed E-state index contributed by atoms with van der Waals surface area (Å²) in [6, 6.07) is 7.98. The number of rotatable bonds is 5. The summed E-state index contributed by atoms with van der Waals surface area (Å²) >= 11 is 6.45. The van der Waals surface area contributed by atoms with Crippen molar-refractivity contribution in [3.8, 4) is 0 Å². The molecule has 0 bridgehead atoms. The van der Waals surface area contributed by atoms with Gasteiger partial charge in [-0.15, -0.1) is 11.3 Å². The molecule has 1 unspecified atom stereocenters. The minimum Gasteiger partial charge on any atom is -0.349 e. The SMILES string of the molecule is Cc1csc(SCC(=O)NC(C)c2ccc(Br)cc2)n1. The molecule has 1 aromatic heterocycles. The number of aromatic nitrogens is 1. The highest BCUT2D eigenvalue weighted by molar-refractivity contribution is 9.10. The smallest absolute Gasteiger partial charge is 0.230 e. The van der Waals surface area contributed by atoms with Crippen LogP contribution < -0.4 is 5.32 Å². The number of amides is 1. The van der Waals surface area contributed by atoms with E-state index in [1.807, 2.05) is 43.5 Å². The molecule has 0 aliphatic carbocycles. The maximum Gasteiger partial charge on any atom is 0.230 e. The first-order valence-electron chi connectivity index (χ1n) is 6.14.